The van der Waals surface area contributed by atoms with Crippen molar-refractivity contribution in [1.29, 1.82) is 0 Å². The second kappa shape index (κ2) is 53.9. The van der Waals surface area contributed by atoms with Crippen molar-refractivity contribution in [3.8, 4) is 0 Å². The first kappa shape index (κ1) is 68.7. The summed E-state index contributed by atoms with van der Waals surface area (Å²) in [5.74, 6) is -1.55. The Morgan fingerprint density at radius 3 is 1.19 bits per heavy atom. The number of aliphatic hydroxyl groups excluding tert-OH is 1. The van der Waals surface area contributed by atoms with Crippen LogP contribution in [0.3, 0.4) is 0 Å². The maximum absolute atomic E-state index is 12.9. The van der Waals surface area contributed by atoms with Gasteiger partial charge >= 0.3 is 25.7 Å². The van der Waals surface area contributed by atoms with Gasteiger partial charge in [-0.25, -0.2) is 4.57 Å². The summed E-state index contributed by atoms with van der Waals surface area (Å²) in [7, 11) is -4.77. The molecule has 0 saturated carbocycles. The largest absolute Gasteiger partial charge is 0.472 e. The van der Waals surface area contributed by atoms with Crippen LogP contribution in [0.2, 0.25) is 0 Å². The molecule has 11 nitrogen and oxygen atoms in total. The van der Waals surface area contributed by atoms with Crippen LogP contribution < -0.4 is 0 Å². The first-order chi connectivity index (χ1) is 35.2. The topological polar surface area (TPSA) is 155 Å². The molecule has 72 heavy (non-hydrogen) atoms. The fourth-order valence-electron chi connectivity index (χ4n) is 7.48. The van der Waals surface area contributed by atoms with Gasteiger partial charge in [-0.2, -0.15) is 0 Å². The van der Waals surface area contributed by atoms with Gasteiger partial charge in [0.2, 0.25) is 0 Å². The summed E-state index contributed by atoms with van der Waals surface area (Å²) in [6.45, 7) is 4.43. The molecule has 0 radical (unpaired) electrons. The maximum Gasteiger partial charge on any atom is 0.472 e. The number of hydrogen-bond acceptors (Lipinski definition) is 10. The molecule has 0 aliphatic heterocycles. The third-order valence-electron chi connectivity index (χ3n) is 11.8. The number of rotatable bonds is 52. The third-order valence-corrected chi connectivity index (χ3v) is 12.8. The van der Waals surface area contributed by atoms with Crippen molar-refractivity contribution in [2.75, 3.05) is 26.4 Å². The lowest BCUT2D eigenvalue weighted by molar-refractivity contribution is -0.161. The van der Waals surface area contributed by atoms with E-state index in [4.69, 9.17) is 23.3 Å². The summed E-state index contributed by atoms with van der Waals surface area (Å²) in [4.78, 5) is 48.5. The number of unbranched alkanes of at least 4 members (excludes halogenated alkanes) is 21. The number of esters is 3. The molecule has 0 fully saturated rings. The minimum absolute atomic E-state index is 0.0842. The summed E-state index contributed by atoms with van der Waals surface area (Å²) in [5.41, 5.74) is 0. The van der Waals surface area contributed by atoms with Crippen LogP contribution in [0.4, 0.5) is 0 Å². The highest BCUT2D eigenvalue weighted by Crippen LogP contribution is 2.43. The van der Waals surface area contributed by atoms with E-state index in [2.05, 4.69) is 93.7 Å². The summed E-state index contributed by atoms with van der Waals surface area (Å²) in [6, 6.07) is 0. The van der Waals surface area contributed by atoms with E-state index in [1.165, 1.54) is 77.0 Å². The molecule has 0 heterocycles. The van der Waals surface area contributed by atoms with E-state index in [1.54, 1.807) is 0 Å². The van der Waals surface area contributed by atoms with Crippen molar-refractivity contribution >= 4 is 25.7 Å². The van der Waals surface area contributed by atoms with E-state index in [9.17, 15) is 28.9 Å². The van der Waals surface area contributed by atoms with E-state index < -0.39 is 57.8 Å². The molecule has 3 atom stereocenters. The Labute approximate surface area is 439 Å². The lowest BCUT2D eigenvalue weighted by Crippen LogP contribution is -2.30. The van der Waals surface area contributed by atoms with Crippen molar-refractivity contribution in [2.24, 2.45) is 0 Å². The normalized spacial score (nSPS) is 14.0. The fraction of sp³-hybridized carbons (Fsp3) is 0.717. The number of ether oxygens (including phenoxy) is 3. The highest BCUT2D eigenvalue weighted by atomic mass is 31.2. The third kappa shape index (κ3) is 51.6. The Morgan fingerprint density at radius 1 is 0.403 bits per heavy atom. The van der Waals surface area contributed by atoms with Crippen molar-refractivity contribution in [3.63, 3.8) is 0 Å². The average Bonchev–Trinajstić information content (AvgIpc) is 3.37. The van der Waals surface area contributed by atoms with E-state index in [-0.39, 0.29) is 25.9 Å². The Balaban J connectivity index is 4.84. The Morgan fingerprint density at radius 2 is 0.736 bits per heavy atom. The van der Waals surface area contributed by atoms with Crippen molar-refractivity contribution in [1.82, 2.24) is 0 Å². The average molecular weight is 1030 g/mol. The van der Waals surface area contributed by atoms with Gasteiger partial charge in [0, 0.05) is 19.3 Å². The standard InChI is InChI=1S/C60H103O11P/c1-4-7-10-13-16-19-22-25-27-28-30-33-36-39-42-45-48-51-60(64)71-57(53-67-58(62)49-46-43-40-37-34-32-29-26-23-20-17-14-11-8-5-2)55-69-72(65,66)68-54-56(52-61)70-59(63)50-47-44-41-38-35-31-24-21-18-15-12-9-6-3/h7,10,16-17,19-20,25-27,29-30,33,39,42,56-57,61H,4-6,8-9,11-15,18,21-24,28,31-32,34-38,40-41,43-55H2,1-3H3,(H,65,66)/b10-7-,19-16-,20-17-,27-25-,29-26-,33-30-,42-39-. The number of allylic oxidation sites excluding steroid dienone is 14. The highest BCUT2D eigenvalue weighted by Gasteiger charge is 2.28. The lowest BCUT2D eigenvalue weighted by atomic mass is 10.0. The van der Waals surface area contributed by atoms with Crippen LogP contribution in [-0.4, -0.2) is 66.5 Å². The molecule has 0 bridgehead atoms. The molecule has 0 aromatic rings. The van der Waals surface area contributed by atoms with Gasteiger partial charge in [0.15, 0.2) is 6.10 Å². The molecule has 12 heteroatoms. The van der Waals surface area contributed by atoms with Gasteiger partial charge in [-0.3, -0.25) is 23.4 Å². The molecule has 0 spiro atoms. The van der Waals surface area contributed by atoms with Gasteiger partial charge < -0.3 is 24.2 Å². The second-order valence-corrected chi connectivity index (χ2v) is 20.2. The van der Waals surface area contributed by atoms with Gasteiger partial charge in [0.05, 0.1) is 19.8 Å². The Hall–Kier alpha value is -3.34. The van der Waals surface area contributed by atoms with Crippen LogP contribution in [0.25, 0.3) is 0 Å². The van der Waals surface area contributed by atoms with E-state index >= 15 is 0 Å². The Bertz CT molecular complexity index is 1530. The quantitative estimate of drug-likeness (QED) is 0.0197. The fourth-order valence-corrected chi connectivity index (χ4v) is 8.26. The molecule has 0 saturated heterocycles. The van der Waals surface area contributed by atoms with E-state index in [0.29, 0.717) is 25.7 Å². The van der Waals surface area contributed by atoms with Crippen LogP contribution in [0.15, 0.2) is 85.1 Å². The minimum atomic E-state index is -4.77. The van der Waals surface area contributed by atoms with Crippen LogP contribution in [0.1, 0.15) is 239 Å². The molecule has 0 rings (SSSR count). The van der Waals surface area contributed by atoms with Crippen LogP contribution >= 0.6 is 7.82 Å². The second-order valence-electron chi connectivity index (χ2n) is 18.7. The zero-order valence-electron chi connectivity index (χ0n) is 45.6. The van der Waals surface area contributed by atoms with Gasteiger partial charge in [-0.15, -0.1) is 0 Å². The molecular formula is C60H103O11P. The van der Waals surface area contributed by atoms with Crippen molar-refractivity contribution in [3.05, 3.63) is 85.1 Å². The summed E-state index contributed by atoms with van der Waals surface area (Å²) < 4.78 is 39.4. The van der Waals surface area contributed by atoms with Gasteiger partial charge in [0.1, 0.15) is 12.7 Å². The molecule has 3 unspecified atom stereocenters. The monoisotopic (exact) mass is 1030 g/mol. The first-order valence-electron chi connectivity index (χ1n) is 28.5. The number of carbonyl (C=O) groups is 3. The zero-order chi connectivity index (χ0) is 52.7. The van der Waals surface area contributed by atoms with Gasteiger partial charge in [0.25, 0.3) is 0 Å². The Kier molecular flexibility index (Phi) is 51.4. The molecule has 0 aromatic heterocycles. The van der Waals surface area contributed by atoms with E-state index in [1.807, 2.05) is 12.2 Å². The van der Waals surface area contributed by atoms with E-state index in [0.717, 1.165) is 96.3 Å². The number of phosphoric ester groups is 1. The SMILES string of the molecule is CC/C=C\C/C=C\C/C=C\C/C=C\C/C=C\CCCC(=O)OC(COC(=O)CCCCCCC/C=C\C/C=C\CCCCC)COP(=O)(O)OCC(CO)OC(=O)CCCCCCCCCCCCCCC. The number of carbonyl (C=O) groups excluding carboxylic acids is 3. The summed E-state index contributed by atoms with van der Waals surface area (Å²) in [6.07, 6.45) is 61.2. The van der Waals surface area contributed by atoms with Gasteiger partial charge in [-0.1, -0.05) is 215 Å². The first-order valence-corrected chi connectivity index (χ1v) is 30.0. The molecule has 0 aliphatic carbocycles. The molecule has 0 aromatic carbocycles. The predicted molar refractivity (Wildman–Crippen MR) is 298 cm³/mol. The number of phosphoric acid groups is 1. The van der Waals surface area contributed by atoms with Crippen LogP contribution in [0.5, 0.6) is 0 Å². The van der Waals surface area contributed by atoms with Crippen LogP contribution in [-0.2, 0) is 42.2 Å². The minimum Gasteiger partial charge on any atom is -0.462 e. The predicted octanol–water partition coefficient (Wildman–Crippen LogP) is 16.7. The van der Waals surface area contributed by atoms with Gasteiger partial charge in [-0.05, 0) is 89.9 Å². The highest BCUT2D eigenvalue weighted by molar-refractivity contribution is 7.47. The number of hydrogen-bond donors (Lipinski definition) is 2. The van der Waals surface area contributed by atoms with Crippen molar-refractivity contribution in [2.45, 2.75) is 251 Å². The lowest BCUT2D eigenvalue weighted by Gasteiger charge is -2.21. The molecular weight excluding hydrogens is 928 g/mol. The van der Waals surface area contributed by atoms with Crippen molar-refractivity contribution < 1.29 is 52.2 Å². The molecule has 414 valence electrons. The summed E-state index contributed by atoms with van der Waals surface area (Å²) in [5, 5.41) is 9.80. The smallest absolute Gasteiger partial charge is 0.462 e. The molecule has 0 aliphatic rings. The maximum atomic E-state index is 12.9. The van der Waals surface area contributed by atoms with Crippen LogP contribution in [0, 0.1) is 0 Å². The summed E-state index contributed by atoms with van der Waals surface area (Å²) >= 11 is 0. The molecule has 0 amide bonds. The zero-order valence-corrected chi connectivity index (χ0v) is 46.5. The number of aliphatic hydroxyl groups is 1. The molecule has 2 N–H and O–H groups in total.